The Morgan fingerprint density at radius 1 is 1.04 bits per heavy atom. The minimum atomic E-state index is -0.473. The van der Waals surface area contributed by atoms with Crippen LogP contribution in [0.1, 0.15) is 29.8 Å². The number of carbonyl (C=O) groups is 2. The fourth-order valence-electron chi connectivity index (χ4n) is 2.21. The van der Waals surface area contributed by atoms with E-state index in [-0.39, 0.29) is 6.61 Å². The SMILES string of the molecule is Cc1cc(Br)cc(Br)c1OCC(=O)NNC(=O)c1ccc(OCC(C)C)cc1. The number of hydrogen-bond donors (Lipinski definition) is 2. The average molecular weight is 514 g/mol. The number of aryl methyl sites for hydroxylation is 1. The Morgan fingerprint density at radius 2 is 1.71 bits per heavy atom. The van der Waals surface area contributed by atoms with E-state index in [1.54, 1.807) is 24.3 Å². The molecule has 0 aliphatic carbocycles. The Morgan fingerprint density at radius 3 is 2.32 bits per heavy atom. The molecule has 6 nitrogen and oxygen atoms in total. The van der Waals surface area contributed by atoms with Crippen molar-refractivity contribution in [1.82, 2.24) is 10.9 Å². The fourth-order valence-corrected chi connectivity index (χ4v) is 3.76. The summed E-state index contributed by atoms with van der Waals surface area (Å²) in [6.07, 6.45) is 0. The molecular weight excluding hydrogens is 492 g/mol. The minimum Gasteiger partial charge on any atom is -0.493 e. The zero-order valence-electron chi connectivity index (χ0n) is 15.8. The van der Waals surface area contributed by atoms with Gasteiger partial charge in [0.1, 0.15) is 11.5 Å². The molecule has 2 amide bonds. The molecule has 2 aromatic carbocycles. The van der Waals surface area contributed by atoms with E-state index in [0.717, 1.165) is 14.5 Å². The van der Waals surface area contributed by atoms with Crippen LogP contribution in [0.4, 0.5) is 0 Å². The van der Waals surface area contributed by atoms with Gasteiger partial charge in [0, 0.05) is 10.0 Å². The van der Waals surface area contributed by atoms with Crippen molar-refractivity contribution in [3.8, 4) is 11.5 Å². The van der Waals surface area contributed by atoms with Crippen LogP contribution >= 0.6 is 31.9 Å². The van der Waals surface area contributed by atoms with Gasteiger partial charge in [0.2, 0.25) is 0 Å². The van der Waals surface area contributed by atoms with Crippen LogP contribution < -0.4 is 20.3 Å². The predicted molar refractivity (Wildman–Crippen MR) is 114 cm³/mol. The van der Waals surface area contributed by atoms with Gasteiger partial charge in [-0.1, -0.05) is 29.8 Å². The summed E-state index contributed by atoms with van der Waals surface area (Å²) in [5, 5.41) is 0. The second kappa shape index (κ2) is 10.5. The highest BCUT2D eigenvalue weighted by Gasteiger charge is 2.11. The third kappa shape index (κ3) is 6.83. The van der Waals surface area contributed by atoms with Crippen LogP contribution in [0.15, 0.2) is 45.3 Å². The lowest BCUT2D eigenvalue weighted by Crippen LogP contribution is -2.43. The zero-order valence-corrected chi connectivity index (χ0v) is 19.0. The molecule has 0 aliphatic rings. The van der Waals surface area contributed by atoms with Gasteiger partial charge in [-0.15, -0.1) is 0 Å². The van der Waals surface area contributed by atoms with E-state index >= 15 is 0 Å². The second-order valence-electron chi connectivity index (χ2n) is 6.55. The lowest BCUT2D eigenvalue weighted by atomic mass is 10.2. The summed E-state index contributed by atoms with van der Waals surface area (Å²) >= 11 is 6.79. The summed E-state index contributed by atoms with van der Waals surface area (Å²) in [6.45, 7) is 6.37. The number of hydrogen-bond acceptors (Lipinski definition) is 4. The number of halogens is 2. The lowest BCUT2D eigenvalue weighted by molar-refractivity contribution is -0.123. The summed E-state index contributed by atoms with van der Waals surface area (Å²) in [5.74, 6) is 0.784. The Balaban J connectivity index is 1.81. The number of carbonyl (C=O) groups excluding carboxylic acids is 2. The molecule has 0 bridgehead atoms. The second-order valence-corrected chi connectivity index (χ2v) is 8.32. The summed E-state index contributed by atoms with van der Waals surface area (Å²) in [4.78, 5) is 24.1. The van der Waals surface area contributed by atoms with Crippen LogP contribution in [0, 0.1) is 12.8 Å². The van der Waals surface area contributed by atoms with Crippen LogP contribution in [-0.4, -0.2) is 25.0 Å². The van der Waals surface area contributed by atoms with Crippen molar-refractivity contribution >= 4 is 43.7 Å². The maximum Gasteiger partial charge on any atom is 0.276 e. The smallest absolute Gasteiger partial charge is 0.276 e. The number of nitrogens with one attached hydrogen (secondary N) is 2. The van der Waals surface area contributed by atoms with Gasteiger partial charge in [0.15, 0.2) is 6.61 Å². The molecule has 150 valence electrons. The molecular formula is C20H22Br2N2O4. The molecule has 0 atom stereocenters. The first-order chi connectivity index (χ1) is 13.3. The molecule has 0 heterocycles. The van der Waals surface area contributed by atoms with E-state index in [1.807, 2.05) is 19.1 Å². The number of rotatable bonds is 7. The molecule has 0 spiro atoms. The maximum absolute atomic E-state index is 12.1. The van der Waals surface area contributed by atoms with Crippen LogP contribution in [0.2, 0.25) is 0 Å². The molecule has 0 saturated heterocycles. The molecule has 0 saturated carbocycles. The van der Waals surface area contributed by atoms with Gasteiger partial charge in [-0.25, -0.2) is 0 Å². The highest BCUT2D eigenvalue weighted by atomic mass is 79.9. The van der Waals surface area contributed by atoms with Crippen LogP contribution in [-0.2, 0) is 4.79 Å². The highest BCUT2D eigenvalue weighted by molar-refractivity contribution is 9.11. The summed E-state index contributed by atoms with van der Waals surface area (Å²) in [6, 6.07) is 10.4. The van der Waals surface area contributed by atoms with Gasteiger partial charge < -0.3 is 9.47 Å². The lowest BCUT2D eigenvalue weighted by Gasteiger charge is -2.12. The van der Waals surface area contributed by atoms with Crippen LogP contribution in [0.25, 0.3) is 0 Å². The minimum absolute atomic E-state index is 0.233. The summed E-state index contributed by atoms with van der Waals surface area (Å²) < 4.78 is 12.7. The Bertz CT molecular complexity index is 816. The summed E-state index contributed by atoms with van der Waals surface area (Å²) in [7, 11) is 0. The molecule has 0 unspecified atom stereocenters. The van der Waals surface area contributed by atoms with Crippen LogP contribution in [0.5, 0.6) is 11.5 Å². The summed E-state index contributed by atoms with van der Waals surface area (Å²) in [5.41, 5.74) is 5.98. The molecule has 2 aromatic rings. The number of benzene rings is 2. The average Bonchev–Trinajstić information content (AvgIpc) is 2.64. The van der Waals surface area contributed by atoms with E-state index < -0.39 is 11.8 Å². The van der Waals surface area contributed by atoms with Crippen molar-refractivity contribution in [2.75, 3.05) is 13.2 Å². The Kier molecular flexibility index (Phi) is 8.32. The number of amides is 2. The van der Waals surface area contributed by atoms with Crippen molar-refractivity contribution in [2.45, 2.75) is 20.8 Å². The van der Waals surface area contributed by atoms with Crippen molar-refractivity contribution in [3.05, 3.63) is 56.5 Å². The normalized spacial score (nSPS) is 10.5. The van der Waals surface area contributed by atoms with E-state index in [1.165, 1.54) is 0 Å². The van der Waals surface area contributed by atoms with Crippen molar-refractivity contribution in [3.63, 3.8) is 0 Å². The highest BCUT2D eigenvalue weighted by Crippen LogP contribution is 2.32. The van der Waals surface area contributed by atoms with Gasteiger partial charge in [-0.2, -0.15) is 0 Å². The van der Waals surface area contributed by atoms with Gasteiger partial charge in [0.05, 0.1) is 11.1 Å². The third-order valence-corrected chi connectivity index (χ3v) is 4.60. The number of ether oxygens (including phenoxy) is 2. The first-order valence-corrected chi connectivity index (χ1v) is 10.3. The van der Waals surface area contributed by atoms with E-state index in [0.29, 0.717) is 29.6 Å². The largest absolute Gasteiger partial charge is 0.493 e. The van der Waals surface area contributed by atoms with Gasteiger partial charge in [-0.3, -0.25) is 20.4 Å². The maximum atomic E-state index is 12.1. The predicted octanol–water partition coefficient (Wildman–Crippen LogP) is 4.39. The quantitative estimate of drug-likeness (QED) is 0.538. The van der Waals surface area contributed by atoms with E-state index in [4.69, 9.17) is 9.47 Å². The fraction of sp³-hybridized carbons (Fsp3) is 0.300. The molecule has 0 fully saturated rings. The molecule has 28 heavy (non-hydrogen) atoms. The van der Waals surface area contributed by atoms with Gasteiger partial charge >= 0.3 is 0 Å². The molecule has 0 radical (unpaired) electrons. The Hall–Kier alpha value is -2.06. The van der Waals surface area contributed by atoms with Gasteiger partial charge in [0.25, 0.3) is 11.8 Å². The molecule has 2 rings (SSSR count). The molecule has 2 N–H and O–H groups in total. The molecule has 0 aliphatic heterocycles. The van der Waals surface area contributed by atoms with E-state index in [9.17, 15) is 9.59 Å². The molecule has 8 heteroatoms. The topological polar surface area (TPSA) is 76.7 Å². The zero-order chi connectivity index (χ0) is 20.7. The van der Waals surface area contributed by atoms with Crippen molar-refractivity contribution in [2.24, 2.45) is 5.92 Å². The monoisotopic (exact) mass is 512 g/mol. The molecule has 0 aromatic heterocycles. The van der Waals surface area contributed by atoms with Gasteiger partial charge in [-0.05, 0) is 70.7 Å². The van der Waals surface area contributed by atoms with E-state index in [2.05, 4.69) is 56.6 Å². The van der Waals surface area contributed by atoms with Crippen molar-refractivity contribution < 1.29 is 19.1 Å². The first kappa shape index (κ1) is 22.2. The number of hydrazine groups is 1. The third-order valence-electron chi connectivity index (χ3n) is 3.56. The standard InChI is InChI=1S/C20H22Br2N2O4/c1-12(2)10-27-16-6-4-14(5-7-16)20(26)24-23-18(25)11-28-19-13(3)8-15(21)9-17(19)22/h4-9,12H,10-11H2,1-3H3,(H,23,25)(H,24,26). The van der Waals surface area contributed by atoms with Crippen LogP contribution in [0.3, 0.4) is 0 Å². The first-order valence-electron chi connectivity index (χ1n) is 8.66. The Labute approximate surface area is 181 Å². The van der Waals surface area contributed by atoms with Crippen molar-refractivity contribution in [1.29, 1.82) is 0 Å².